The molecule has 2 aromatic carbocycles. The molecule has 0 unspecified atom stereocenters. The number of halogens is 1. The van der Waals surface area contributed by atoms with Gasteiger partial charge in [0.2, 0.25) is 0 Å². The van der Waals surface area contributed by atoms with Crippen molar-refractivity contribution in [3.8, 4) is 0 Å². The summed E-state index contributed by atoms with van der Waals surface area (Å²) >= 11 is 6.62. The van der Waals surface area contributed by atoms with E-state index in [2.05, 4.69) is 82.9 Å². The number of aryl methyl sites for hydroxylation is 2. The number of fused-ring (bicyclic) bond motifs is 1. The first-order valence-corrected chi connectivity index (χ1v) is 9.53. The van der Waals surface area contributed by atoms with Gasteiger partial charge in [0.25, 0.3) is 0 Å². The van der Waals surface area contributed by atoms with Crippen LogP contribution in [0.5, 0.6) is 0 Å². The molecule has 0 aliphatic carbocycles. The summed E-state index contributed by atoms with van der Waals surface area (Å²) in [5.74, 6) is 0. The maximum absolute atomic E-state index is 6.62. The van der Waals surface area contributed by atoms with E-state index in [0.29, 0.717) is 0 Å². The van der Waals surface area contributed by atoms with Crippen LogP contribution in [-0.2, 0) is 0 Å². The molecule has 0 N–H and O–H groups in total. The number of likely N-dealkylation sites (N-methyl/N-ethyl adjacent to an activating group) is 1. The minimum absolute atomic E-state index is 0.0105. The van der Waals surface area contributed by atoms with Gasteiger partial charge in [-0.2, -0.15) is 0 Å². The van der Waals surface area contributed by atoms with Crippen molar-refractivity contribution in [1.82, 2.24) is 0 Å². The summed E-state index contributed by atoms with van der Waals surface area (Å²) in [6.07, 6.45) is 4.21. The summed E-state index contributed by atoms with van der Waals surface area (Å²) < 4.78 is 0. The normalized spacial score (nSPS) is 16.0. The molecular formula is C23H27ClN2. The molecule has 0 fully saturated rings. The van der Waals surface area contributed by atoms with Crippen molar-refractivity contribution in [3.05, 3.63) is 63.7 Å². The van der Waals surface area contributed by atoms with Crippen LogP contribution in [0.1, 0.15) is 49.9 Å². The van der Waals surface area contributed by atoms with E-state index in [4.69, 9.17) is 16.6 Å². The van der Waals surface area contributed by atoms with Crippen LogP contribution in [0.3, 0.4) is 0 Å². The van der Waals surface area contributed by atoms with Crippen LogP contribution in [0.25, 0.3) is 5.57 Å². The summed E-state index contributed by atoms with van der Waals surface area (Å²) in [4.78, 5) is 7.09. The first-order valence-electron chi connectivity index (χ1n) is 9.15. The Hall–Kier alpha value is -2.06. The summed E-state index contributed by atoms with van der Waals surface area (Å²) in [7, 11) is 0. The molecule has 0 saturated heterocycles. The van der Waals surface area contributed by atoms with Crippen molar-refractivity contribution < 1.29 is 0 Å². The Kier molecular flexibility index (Phi) is 4.98. The van der Waals surface area contributed by atoms with Gasteiger partial charge in [0.05, 0.1) is 16.2 Å². The molecule has 1 aliphatic rings. The largest absolute Gasteiger partial charge is 0.363 e. The number of hydrogen-bond acceptors (Lipinski definition) is 2. The average Bonchev–Trinajstić information content (AvgIpc) is 2.55. The Morgan fingerprint density at radius 3 is 2.54 bits per heavy atom. The topological polar surface area (TPSA) is 15.6 Å². The number of aliphatic imine (C=N–C) groups is 1. The number of rotatable bonds is 3. The monoisotopic (exact) mass is 366 g/mol. The van der Waals surface area contributed by atoms with Crippen LogP contribution in [0.4, 0.5) is 11.4 Å². The molecule has 1 aliphatic heterocycles. The van der Waals surface area contributed by atoms with Crippen molar-refractivity contribution >= 4 is 34.8 Å². The molecule has 136 valence electrons. The smallest absolute Gasteiger partial charge is 0.0661 e. The third kappa shape index (κ3) is 3.43. The van der Waals surface area contributed by atoms with Gasteiger partial charge in [-0.1, -0.05) is 29.8 Å². The number of hydrogen-bond donors (Lipinski definition) is 0. The minimum atomic E-state index is -0.0105. The van der Waals surface area contributed by atoms with Crippen LogP contribution in [-0.4, -0.2) is 18.3 Å². The lowest BCUT2D eigenvalue weighted by molar-refractivity contribution is 0.566. The first kappa shape index (κ1) is 18.7. The fourth-order valence-electron chi connectivity index (χ4n) is 3.79. The van der Waals surface area contributed by atoms with E-state index in [1.54, 1.807) is 0 Å². The van der Waals surface area contributed by atoms with Crippen molar-refractivity contribution in [2.75, 3.05) is 11.4 Å². The van der Waals surface area contributed by atoms with Gasteiger partial charge in [0.1, 0.15) is 0 Å². The molecule has 3 rings (SSSR count). The lowest BCUT2D eigenvalue weighted by Gasteiger charge is -2.43. The van der Waals surface area contributed by atoms with Gasteiger partial charge in [0, 0.05) is 29.6 Å². The Bertz CT molecular complexity index is 907. The lowest BCUT2D eigenvalue weighted by atomic mass is 9.88. The molecule has 0 amide bonds. The maximum Gasteiger partial charge on any atom is 0.0661 e. The van der Waals surface area contributed by atoms with Crippen LogP contribution < -0.4 is 4.90 Å². The standard InChI is InChI=1S/C23H27ClN2/c1-7-26-22-12-20(24)18(11-19(22)17(4)13-23(26,5)6)14-25-21-10-15(2)8-9-16(21)3/h8-14H,7H2,1-6H3. The van der Waals surface area contributed by atoms with E-state index in [0.717, 1.165) is 28.4 Å². The first-order chi connectivity index (χ1) is 12.2. The third-order valence-corrected chi connectivity index (χ3v) is 5.45. The van der Waals surface area contributed by atoms with Crippen LogP contribution in [0.2, 0.25) is 5.02 Å². The van der Waals surface area contributed by atoms with Crippen LogP contribution >= 0.6 is 11.6 Å². The predicted octanol–water partition coefficient (Wildman–Crippen LogP) is 6.73. The van der Waals surface area contributed by atoms with Crippen molar-refractivity contribution in [2.24, 2.45) is 4.99 Å². The second-order valence-corrected chi connectivity index (χ2v) is 8.07. The molecule has 0 saturated carbocycles. The Morgan fingerprint density at radius 1 is 1.12 bits per heavy atom. The molecular weight excluding hydrogens is 340 g/mol. The van der Waals surface area contributed by atoms with Crippen molar-refractivity contribution in [3.63, 3.8) is 0 Å². The van der Waals surface area contributed by atoms with E-state index >= 15 is 0 Å². The number of nitrogens with zero attached hydrogens (tertiary/aromatic N) is 2. The Labute approximate surface area is 162 Å². The number of anilines is 1. The molecule has 26 heavy (non-hydrogen) atoms. The lowest BCUT2D eigenvalue weighted by Crippen LogP contribution is -2.44. The molecule has 2 nitrogen and oxygen atoms in total. The quantitative estimate of drug-likeness (QED) is 0.550. The molecule has 0 atom stereocenters. The summed E-state index contributed by atoms with van der Waals surface area (Å²) in [5, 5.41) is 0.738. The van der Waals surface area contributed by atoms with Gasteiger partial charge in [-0.3, -0.25) is 4.99 Å². The van der Waals surface area contributed by atoms with Gasteiger partial charge < -0.3 is 4.90 Å². The fourth-order valence-corrected chi connectivity index (χ4v) is 4.00. The molecule has 1 heterocycles. The van der Waals surface area contributed by atoms with Crippen LogP contribution in [0.15, 0.2) is 41.4 Å². The van der Waals surface area contributed by atoms with Crippen molar-refractivity contribution in [1.29, 1.82) is 0 Å². The number of benzene rings is 2. The summed E-state index contributed by atoms with van der Waals surface area (Å²) in [5.41, 5.74) is 8.02. The Balaban J connectivity index is 2.05. The fraction of sp³-hybridized carbons (Fsp3) is 0.348. The van der Waals surface area contributed by atoms with Gasteiger partial charge in [-0.05, 0) is 76.4 Å². The molecule has 0 radical (unpaired) electrons. The van der Waals surface area contributed by atoms with E-state index in [1.807, 2.05) is 6.21 Å². The van der Waals surface area contributed by atoms with Crippen LogP contribution in [0, 0.1) is 13.8 Å². The molecule has 0 bridgehead atoms. The van der Waals surface area contributed by atoms with Gasteiger partial charge in [-0.15, -0.1) is 0 Å². The highest BCUT2D eigenvalue weighted by molar-refractivity contribution is 6.33. The van der Waals surface area contributed by atoms with Crippen molar-refractivity contribution in [2.45, 2.75) is 47.1 Å². The maximum atomic E-state index is 6.62. The molecule has 0 aromatic heterocycles. The second-order valence-electron chi connectivity index (χ2n) is 7.66. The molecule has 2 aromatic rings. The summed E-state index contributed by atoms with van der Waals surface area (Å²) in [6, 6.07) is 10.6. The highest BCUT2D eigenvalue weighted by atomic mass is 35.5. The van der Waals surface area contributed by atoms with Gasteiger partial charge in [-0.25, -0.2) is 0 Å². The Morgan fingerprint density at radius 2 is 1.85 bits per heavy atom. The molecule has 3 heteroatoms. The number of allylic oxidation sites excluding steroid dienone is 1. The second kappa shape index (κ2) is 6.92. The third-order valence-electron chi connectivity index (χ3n) is 5.12. The van der Waals surface area contributed by atoms with E-state index in [1.165, 1.54) is 22.4 Å². The molecule has 0 spiro atoms. The summed E-state index contributed by atoms with van der Waals surface area (Å²) in [6.45, 7) is 13.9. The highest BCUT2D eigenvalue weighted by Crippen LogP contribution is 2.41. The van der Waals surface area contributed by atoms with E-state index in [9.17, 15) is 0 Å². The predicted molar refractivity (Wildman–Crippen MR) is 115 cm³/mol. The zero-order chi connectivity index (χ0) is 19.1. The highest BCUT2D eigenvalue weighted by Gasteiger charge is 2.30. The SMILES string of the molecule is CCN1c2cc(Cl)c(C=Nc3cc(C)ccc3C)cc2C(C)=CC1(C)C. The average molecular weight is 367 g/mol. The zero-order valence-corrected chi connectivity index (χ0v) is 17.3. The van der Waals surface area contributed by atoms with E-state index < -0.39 is 0 Å². The van der Waals surface area contributed by atoms with Gasteiger partial charge >= 0.3 is 0 Å². The minimum Gasteiger partial charge on any atom is -0.363 e. The zero-order valence-electron chi connectivity index (χ0n) is 16.5. The van der Waals surface area contributed by atoms with E-state index in [-0.39, 0.29) is 5.54 Å². The van der Waals surface area contributed by atoms with Gasteiger partial charge in [0.15, 0.2) is 0 Å².